The van der Waals surface area contributed by atoms with Gasteiger partial charge in [-0.05, 0) is 67.6 Å². The van der Waals surface area contributed by atoms with Gasteiger partial charge in [-0.3, -0.25) is 50.0 Å². The molecule has 1 N–H and O–H groups in total. The SMILES string of the molecule is CCOC(=O)c1ccc(OC(=O)Cc2ccc([N+](=O)[O-])cc2[N+](=O)[O-])cc1.O=C(Cc1ccc([N+](=O)[O-])cc1[N+](=O)[O-])Oc1ccc(C(=O)O)cc1. The zero-order valence-electron chi connectivity index (χ0n) is 26.6. The van der Waals surface area contributed by atoms with E-state index in [-0.39, 0.29) is 40.4 Å². The third-order valence-electron chi connectivity index (χ3n) is 6.55. The highest BCUT2D eigenvalue weighted by Gasteiger charge is 2.23. The number of hydrogen-bond acceptors (Lipinski definition) is 15. The van der Waals surface area contributed by atoms with E-state index in [2.05, 4.69) is 0 Å². The quantitative estimate of drug-likeness (QED) is 0.0805. The first-order chi connectivity index (χ1) is 24.6. The van der Waals surface area contributed by atoms with Gasteiger partial charge < -0.3 is 19.3 Å². The lowest BCUT2D eigenvalue weighted by Gasteiger charge is -2.06. The number of aromatic carboxylic acids is 1. The molecule has 0 saturated heterocycles. The predicted molar refractivity (Wildman–Crippen MR) is 174 cm³/mol. The molecule has 0 aromatic heterocycles. The van der Waals surface area contributed by atoms with E-state index in [1.807, 2.05) is 0 Å². The highest BCUT2D eigenvalue weighted by atomic mass is 16.6. The molecule has 0 fully saturated rings. The number of nitro groups is 4. The van der Waals surface area contributed by atoms with Crippen LogP contribution < -0.4 is 9.47 Å². The monoisotopic (exact) mass is 720 g/mol. The minimum absolute atomic E-state index is 0.00538. The van der Waals surface area contributed by atoms with Crippen LogP contribution in [0.15, 0.2) is 84.9 Å². The molecule has 0 radical (unpaired) electrons. The fraction of sp³-hybridized carbons (Fsp3) is 0.125. The molecule has 0 aliphatic heterocycles. The van der Waals surface area contributed by atoms with Gasteiger partial charge in [-0.15, -0.1) is 0 Å². The summed E-state index contributed by atoms with van der Waals surface area (Å²) in [6, 6.07) is 16.5. The number of nitro benzene ring substituents is 4. The number of carboxylic acids is 1. The van der Waals surface area contributed by atoms with Gasteiger partial charge >= 0.3 is 23.9 Å². The number of non-ortho nitro benzene ring substituents is 2. The predicted octanol–water partition coefficient (Wildman–Crippen LogP) is 5.18. The number of esters is 3. The maximum absolute atomic E-state index is 12.0. The van der Waals surface area contributed by atoms with E-state index >= 15 is 0 Å². The van der Waals surface area contributed by atoms with Crippen molar-refractivity contribution in [1.82, 2.24) is 0 Å². The Kier molecular flexibility index (Phi) is 13.2. The van der Waals surface area contributed by atoms with Crippen LogP contribution in [0.2, 0.25) is 0 Å². The summed E-state index contributed by atoms with van der Waals surface area (Å²) in [7, 11) is 0. The molecule has 0 amide bonds. The number of carbonyl (C=O) groups excluding carboxylic acids is 3. The van der Waals surface area contributed by atoms with Crippen LogP contribution in [-0.2, 0) is 27.2 Å². The Morgan fingerprint density at radius 2 is 0.962 bits per heavy atom. The van der Waals surface area contributed by atoms with Crippen molar-refractivity contribution >= 4 is 46.6 Å². The molecule has 4 rings (SSSR count). The summed E-state index contributed by atoms with van der Waals surface area (Å²) in [5.74, 6) is -3.08. The molecule has 0 unspecified atom stereocenters. The van der Waals surface area contributed by atoms with E-state index in [1.165, 1.54) is 48.5 Å². The fourth-order valence-electron chi connectivity index (χ4n) is 4.16. The number of rotatable bonds is 13. The van der Waals surface area contributed by atoms with Crippen LogP contribution in [0.5, 0.6) is 11.5 Å². The summed E-state index contributed by atoms with van der Waals surface area (Å²) < 4.78 is 14.9. The second-order valence-electron chi connectivity index (χ2n) is 10.0. The first-order valence-corrected chi connectivity index (χ1v) is 14.4. The molecule has 4 aromatic rings. The number of nitrogens with zero attached hydrogens (tertiary/aromatic N) is 4. The minimum Gasteiger partial charge on any atom is -0.478 e. The molecule has 20 nitrogen and oxygen atoms in total. The number of carboxylic acid groups (broad SMARTS) is 1. The Morgan fingerprint density at radius 3 is 1.29 bits per heavy atom. The molecule has 0 saturated carbocycles. The molecular weight excluding hydrogens is 696 g/mol. The topological polar surface area (TPSA) is 289 Å². The molecule has 0 heterocycles. The summed E-state index contributed by atoms with van der Waals surface area (Å²) in [6.07, 6.45) is -0.928. The van der Waals surface area contributed by atoms with E-state index in [9.17, 15) is 59.6 Å². The van der Waals surface area contributed by atoms with Crippen LogP contribution in [0.1, 0.15) is 38.8 Å². The molecule has 0 spiro atoms. The van der Waals surface area contributed by atoms with Crippen molar-refractivity contribution < 1.29 is 58.2 Å². The lowest BCUT2D eigenvalue weighted by molar-refractivity contribution is -0.394. The summed E-state index contributed by atoms with van der Waals surface area (Å²) in [5.41, 5.74) is -1.79. The average molecular weight is 721 g/mol. The third-order valence-corrected chi connectivity index (χ3v) is 6.55. The second-order valence-corrected chi connectivity index (χ2v) is 10.0. The first kappa shape index (κ1) is 38.8. The van der Waals surface area contributed by atoms with Crippen LogP contribution in [0.3, 0.4) is 0 Å². The maximum Gasteiger partial charge on any atom is 0.338 e. The lowest BCUT2D eigenvalue weighted by Crippen LogP contribution is -2.13. The van der Waals surface area contributed by atoms with Crippen molar-refractivity contribution in [3.63, 3.8) is 0 Å². The van der Waals surface area contributed by atoms with Crippen LogP contribution in [0.4, 0.5) is 22.7 Å². The Hall–Kier alpha value is -7.64. The molecular formula is C32H24N4O16. The largest absolute Gasteiger partial charge is 0.478 e. The average Bonchev–Trinajstić information content (AvgIpc) is 3.09. The second kappa shape index (κ2) is 17.7. The van der Waals surface area contributed by atoms with Gasteiger partial charge in [0.25, 0.3) is 22.7 Å². The van der Waals surface area contributed by atoms with Crippen molar-refractivity contribution in [1.29, 1.82) is 0 Å². The molecule has 20 heteroatoms. The summed E-state index contributed by atoms with van der Waals surface area (Å²) in [5, 5.41) is 52.3. The van der Waals surface area contributed by atoms with Crippen LogP contribution in [0, 0.1) is 40.5 Å². The molecule has 52 heavy (non-hydrogen) atoms. The molecule has 4 aromatic carbocycles. The van der Waals surface area contributed by atoms with Crippen LogP contribution >= 0.6 is 0 Å². The highest BCUT2D eigenvalue weighted by molar-refractivity contribution is 5.89. The standard InChI is InChI=1S/C17H14N2O8.C15H10N2O8/c1-2-26-17(21)11-4-7-14(8-5-11)27-16(20)9-12-3-6-13(18(22)23)10-15(12)19(24)25;18-14(25-12-5-2-9(3-6-12)15(19)20)7-10-1-4-11(16(21)22)8-13(10)17(23)24/h3-8,10H,2,9H2,1H3;1-6,8H,7H2,(H,19,20). The fourth-order valence-corrected chi connectivity index (χ4v) is 4.16. The van der Waals surface area contributed by atoms with Gasteiger partial charge in [0, 0.05) is 23.3 Å². The van der Waals surface area contributed by atoms with E-state index in [0.717, 1.165) is 36.4 Å². The molecule has 268 valence electrons. The van der Waals surface area contributed by atoms with E-state index in [0.29, 0.717) is 0 Å². The third kappa shape index (κ3) is 10.9. The number of ether oxygens (including phenoxy) is 3. The molecule has 0 aliphatic rings. The van der Waals surface area contributed by atoms with Crippen molar-refractivity contribution in [3.05, 3.63) is 148 Å². The number of benzene rings is 4. The van der Waals surface area contributed by atoms with Crippen LogP contribution in [-0.4, -0.2) is 55.3 Å². The highest BCUT2D eigenvalue weighted by Crippen LogP contribution is 2.27. The van der Waals surface area contributed by atoms with E-state index < -0.39 is 79.2 Å². The van der Waals surface area contributed by atoms with Gasteiger partial charge in [0.1, 0.15) is 11.5 Å². The minimum atomic E-state index is -1.14. The van der Waals surface area contributed by atoms with Crippen molar-refractivity contribution in [2.24, 2.45) is 0 Å². The normalized spacial score (nSPS) is 10.1. The number of hydrogen-bond donors (Lipinski definition) is 1. The van der Waals surface area contributed by atoms with Gasteiger partial charge in [-0.2, -0.15) is 0 Å². The smallest absolute Gasteiger partial charge is 0.338 e. The lowest BCUT2D eigenvalue weighted by atomic mass is 10.1. The van der Waals surface area contributed by atoms with E-state index in [4.69, 9.17) is 19.3 Å². The van der Waals surface area contributed by atoms with Gasteiger partial charge in [-0.1, -0.05) is 0 Å². The van der Waals surface area contributed by atoms with Gasteiger partial charge in [0.15, 0.2) is 0 Å². The summed E-state index contributed by atoms with van der Waals surface area (Å²) in [6.45, 7) is 1.90. The van der Waals surface area contributed by atoms with Gasteiger partial charge in [0.2, 0.25) is 0 Å². The zero-order chi connectivity index (χ0) is 38.5. The first-order valence-electron chi connectivity index (χ1n) is 14.4. The Morgan fingerprint density at radius 1 is 0.577 bits per heavy atom. The maximum atomic E-state index is 12.0. The molecule has 0 atom stereocenters. The molecule has 0 aliphatic carbocycles. The summed E-state index contributed by atoms with van der Waals surface area (Å²) in [4.78, 5) is 86.5. The van der Waals surface area contributed by atoms with Crippen molar-refractivity contribution in [2.75, 3.05) is 6.61 Å². The van der Waals surface area contributed by atoms with Crippen molar-refractivity contribution in [3.8, 4) is 11.5 Å². The Labute approximate surface area is 290 Å². The zero-order valence-corrected chi connectivity index (χ0v) is 26.6. The van der Waals surface area contributed by atoms with E-state index in [1.54, 1.807) is 6.92 Å². The van der Waals surface area contributed by atoms with Crippen LogP contribution in [0.25, 0.3) is 0 Å². The molecule has 0 bridgehead atoms. The number of carbonyl (C=O) groups is 4. The Balaban J connectivity index is 0.000000281. The Bertz CT molecular complexity index is 2050. The van der Waals surface area contributed by atoms with Gasteiger partial charge in [0.05, 0.1) is 62.4 Å². The van der Waals surface area contributed by atoms with Crippen molar-refractivity contribution in [2.45, 2.75) is 19.8 Å². The summed E-state index contributed by atoms with van der Waals surface area (Å²) >= 11 is 0. The van der Waals surface area contributed by atoms with Gasteiger partial charge in [-0.25, -0.2) is 9.59 Å².